The SMILES string of the molecule is C=CC(=O)NCCC[N+](C)(C)C.O.[Cl-]. The van der Waals surface area contributed by atoms with Gasteiger partial charge in [-0.3, -0.25) is 4.79 Å². The lowest BCUT2D eigenvalue weighted by molar-refractivity contribution is -0.870. The average molecular weight is 225 g/mol. The number of nitrogens with one attached hydrogen (secondary N) is 1. The maximum absolute atomic E-state index is 10.7. The minimum atomic E-state index is -0.0867. The number of hydrogen-bond donors (Lipinski definition) is 1. The summed E-state index contributed by atoms with van der Waals surface area (Å²) in [5.41, 5.74) is 0. The molecule has 0 saturated heterocycles. The monoisotopic (exact) mass is 224 g/mol. The van der Waals surface area contributed by atoms with Crippen molar-refractivity contribution < 1.29 is 27.2 Å². The summed E-state index contributed by atoms with van der Waals surface area (Å²) >= 11 is 0. The Hall–Kier alpha value is -0.580. The van der Waals surface area contributed by atoms with E-state index in [9.17, 15) is 4.79 Å². The average Bonchev–Trinajstić information content (AvgIpc) is 1.96. The van der Waals surface area contributed by atoms with E-state index in [1.807, 2.05) is 0 Å². The Morgan fingerprint density at radius 1 is 1.43 bits per heavy atom. The van der Waals surface area contributed by atoms with Crippen LogP contribution < -0.4 is 17.7 Å². The lowest BCUT2D eigenvalue weighted by Gasteiger charge is -2.23. The number of carbonyl (C=O) groups excluding carboxylic acids is 1. The van der Waals surface area contributed by atoms with E-state index in [1.54, 1.807) is 0 Å². The molecule has 0 saturated carbocycles. The van der Waals surface area contributed by atoms with Crippen LogP contribution in [0.4, 0.5) is 0 Å². The zero-order valence-electron chi connectivity index (χ0n) is 9.14. The summed E-state index contributed by atoms with van der Waals surface area (Å²) in [6.07, 6.45) is 2.30. The number of halogens is 1. The van der Waals surface area contributed by atoms with Crippen molar-refractivity contribution in [2.45, 2.75) is 6.42 Å². The fourth-order valence-corrected chi connectivity index (χ4v) is 0.837. The Balaban J connectivity index is -0.000000605. The molecule has 14 heavy (non-hydrogen) atoms. The van der Waals surface area contributed by atoms with Gasteiger partial charge in [0.25, 0.3) is 0 Å². The molecule has 0 atom stereocenters. The third kappa shape index (κ3) is 14.0. The van der Waals surface area contributed by atoms with Crippen molar-refractivity contribution in [1.82, 2.24) is 5.32 Å². The zero-order chi connectivity index (χ0) is 9.61. The maximum Gasteiger partial charge on any atom is 0.243 e. The minimum absolute atomic E-state index is 0. The molecule has 0 aromatic rings. The molecule has 0 heterocycles. The molecule has 0 bridgehead atoms. The number of carbonyl (C=O) groups is 1. The Labute approximate surface area is 92.3 Å². The Bertz CT molecular complexity index is 167. The molecule has 0 rings (SSSR count). The van der Waals surface area contributed by atoms with Gasteiger partial charge in [0, 0.05) is 13.0 Å². The molecular formula is C9H21ClN2O2. The molecule has 3 N–H and O–H groups in total. The minimum Gasteiger partial charge on any atom is -1.00 e. The molecular weight excluding hydrogens is 204 g/mol. The van der Waals surface area contributed by atoms with Gasteiger partial charge in [0.05, 0.1) is 27.7 Å². The number of quaternary nitrogens is 1. The van der Waals surface area contributed by atoms with Crippen LogP contribution in [0.25, 0.3) is 0 Å². The number of nitrogens with zero attached hydrogens (tertiary/aromatic N) is 1. The lowest BCUT2D eigenvalue weighted by atomic mass is 10.3. The quantitative estimate of drug-likeness (QED) is 0.295. The van der Waals surface area contributed by atoms with Gasteiger partial charge in [-0.1, -0.05) is 6.58 Å². The summed E-state index contributed by atoms with van der Waals surface area (Å²) in [6.45, 7) is 5.18. The molecule has 0 radical (unpaired) electrons. The molecule has 4 nitrogen and oxygen atoms in total. The number of rotatable bonds is 5. The summed E-state index contributed by atoms with van der Waals surface area (Å²) in [6, 6.07) is 0. The molecule has 0 unspecified atom stereocenters. The highest BCUT2D eigenvalue weighted by atomic mass is 35.5. The van der Waals surface area contributed by atoms with Crippen LogP contribution >= 0.6 is 0 Å². The van der Waals surface area contributed by atoms with E-state index in [2.05, 4.69) is 33.0 Å². The molecule has 0 aliphatic rings. The predicted octanol–water partition coefficient (Wildman–Crippen LogP) is -3.44. The lowest BCUT2D eigenvalue weighted by Crippen LogP contribution is -3.00. The van der Waals surface area contributed by atoms with Crippen molar-refractivity contribution in [3.63, 3.8) is 0 Å². The highest BCUT2D eigenvalue weighted by molar-refractivity contribution is 5.86. The fourth-order valence-electron chi connectivity index (χ4n) is 0.837. The van der Waals surface area contributed by atoms with Crippen LogP contribution in [0.15, 0.2) is 12.7 Å². The highest BCUT2D eigenvalue weighted by Crippen LogP contribution is 1.91. The van der Waals surface area contributed by atoms with Gasteiger partial charge in [0.2, 0.25) is 5.91 Å². The molecule has 0 aliphatic heterocycles. The molecule has 0 aromatic heterocycles. The van der Waals surface area contributed by atoms with E-state index in [4.69, 9.17) is 0 Å². The third-order valence-electron chi connectivity index (χ3n) is 1.49. The van der Waals surface area contributed by atoms with E-state index < -0.39 is 0 Å². The summed E-state index contributed by atoms with van der Waals surface area (Å²) in [7, 11) is 6.40. The Morgan fingerprint density at radius 3 is 2.29 bits per heavy atom. The summed E-state index contributed by atoms with van der Waals surface area (Å²) in [5, 5.41) is 2.74. The molecule has 0 aliphatic carbocycles. The summed E-state index contributed by atoms with van der Waals surface area (Å²) in [5.74, 6) is -0.0867. The van der Waals surface area contributed by atoms with Gasteiger partial charge in [0.1, 0.15) is 0 Å². The Kier molecular flexibility index (Phi) is 12.2. The van der Waals surface area contributed by atoms with E-state index >= 15 is 0 Å². The normalized spacial score (nSPS) is 9.36. The van der Waals surface area contributed by atoms with E-state index in [1.165, 1.54) is 6.08 Å². The molecule has 1 amide bonds. The van der Waals surface area contributed by atoms with Crippen molar-refractivity contribution >= 4 is 5.91 Å². The van der Waals surface area contributed by atoms with Crippen LogP contribution in [-0.2, 0) is 4.79 Å². The first-order chi connectivity index (χ1) is 5.45. The molecule has 5 heteroatoms. The molecule has 0 fully saturated rings. The van der Waals surface area contributed by atoms with Gasteiger partial charge in [0.15, 0.2) is 0 Å². The Morgan fingerprint density at radius 2 is 1.93 bits per heavy atom. The van der Waals surface area contributed by atoms with Crippen molar-refractivity contribution in [2.75, 3.05) is 34.2 Å². The van der Waals surface area contributed by atoms with Crippen LogP contribution in [0.3, 0.4) is 0 Å². The first-order valence-electron chi connectivity index (χ1n) is 4.16. The van der Waals surface area contributed by atoms with E-state index in [0.29, 0.717) is 0 Å². The predicted molar refractivity (Wildman–Crippen MR) is 54.3 cm³/mol. The van der Waals surface area contributed by atoms with Crippen molar-refractivity contribution in [2.24, 2.45) is 0 Å². The van der Waals surface area contributed by atoms with Crippen LogP contribution in [0.5, 0.6) is 0 Å². The largest absolute Gasteiger partial charge is 1.00 e. The van der Waals surface area contributed by atoms with Crippen LogP contribution in [0, 0.1) is 0 Å². The van der Waals surface area contributed by atoms with E-state index in [0.717, 1.165) is 24.0 Å². The summed E-state index contributed by atoms with van der Waals surface area (Å²) < 4.78 is 0.934. The maximum atomic E-state index is 10.7. The standard InChI is InChI=1S/C9H18N2O.ClH.H2O/c1-5-9(12)10-7-6-8-11(2,3)4;;/h5H,1,6-8H2,2-4H3;1H;1H2. The molecule has 0 aromatic carbocycles. The van der Waals surface area contributed by atoms with Crippen molar-refractivity contribution in [3.8, 4) is 0 Å². The van der Waals surface area contributed by atoms with E-state index in [-0.39, 0.29) is 23.8 Å². The third-order valence-corrected chi connectivity index (χ3v) is 1.49. The van der Waals surface area contributed by atoms with Gasteiger partial charge >= 0.3 is 0 Å². The summed E-state index contributed by atoms with van der Waals surface area (Å²) in [4.78, 5) is 10.7. The molecule has 86 valence electrons. The second-order valence-electron chi connectivity index (χ2n) is 3.86. The fraction of sp³-hybridized carbons (Fsp3) is 0.667. The number of hydrogen-bond acceptors (Lipinski definition) is 1. The van der Waals surface area contributed by atoms with Crippen LogP contribution in [-0.4, -0.2) is 50.1 Å². The van der Waals surface area contributed by atoms with Crippen LogP contribution in [0.2, 0.25) is 0 Å². The highest BCUT2D eigenvalue weighted by Gasteiger charge is 2.05. The van der Waals surface area contributed by atoms with Gasteiger partial charge < -0.3 is 27.7 Å². The van der Waals surface area contributed by atoms with Gasteiger partial charge in [-0.2, -0.15) is 0 Å². The van der Waals surface area contributed by atoms with Gasteiger partial charge in [-0.15, -0.1) is 0 Å². The second kappa shape index (κ2) is 8.99. The van der Waals surface area contributed by atoms with Gasteiger partial charge in [-0.05, 0) is 6.08 Å². The first-order valence-corrected chi connectivity index (χ1v) is 4.16. The van der Waals surface area contributed by atoms with Gasteiger partial charge in [-0.25, -0.2) is 0 Å². The van der Waals surface area contributed by atoms with Crippen LogP contribution in [0.1, 0.15) is 6.42 Å². The number of amides is 1. The smallest absolute Gasteiger partial charge is 0.243 e. The van der Waals surface area contributed by atoms with Crippen molar-refractivity contribution in [3.05, 3.63) is 12.7 Å². The topological polar surface area (TPSA) is 60.6 Å². The first kappa shape index (κ1) is 19.1. The second-order valence-corrected chi connectivity index (χ2v) is 3.86. The molecule has 0 spiro atoms. The zero-order valence-corrected chi connectivity index (χ0v) is 9.90. The van der Waals surface area contributed by atoms with Crippen molar-refractivity contribution in [1.29, 1.82) is 0 Å².